The molecule has 2 fully saturated rings. The minimum absolute atomic E-state index is 0.0277. The van der Waals surface area contributed by atoms with Gasteiger partial charge in [-0.2, -0.15) is 0 Å². The Morgan fingerprint density at radius 3 is 2.50 bits per heavy atom. The number of aromatic nitrogens is 2. The van der Waals surface area contributed by atoms with Crippen LogP contribution in [0.4, 0.5) is 5.95 Å². The molecule has 0 radical (unpaired) electrons. The Bertz CT molecular complexity index is 746. The summed E-state index contributed by atoms with van der Waals surface area (Å²) in [5.74, 6) is 0.955. The summed E-state index contributed by atoms with van der Waals surface area (Å²) in [5, 5.41) is 3.31. The molecule has 2 aromatic rings. The third-order valence-electron chi connectivity index (χ3n) is 5.81. The Morgan fingerprint density at radius 2 is 1.75 bits per heavy atom. The zero-order valence-corrected chi connectivity index (χ0v) is 16.3. The summed E-state index contributed by atoms with van der Waals surface area (Å²) in [6, 6.07) is 12.7. The van der Waals surface area contributed by atoms with Crippen LogP contribution in [0.25, 0.3) is 0 Å². The minimum Gasteiger partial charge on any atom is -0.353 e. The maximum atomic E-state index is 12.8. The maximum Gasteiger partial charge on any atom is 0.225 e. The summed E-state index contributed by atoms with van der Waals surface area (Å²) in [5.41, 5.74) is 1.36. The first kappa shape index (κ1) is 18.9. The van der Waals surface area contributed by atoms with Gasteiger partial charge in [0, 0.05) is 51.2 Å². The molecule has 28 heavy (non-hydrogen) atoms. The van der Waals surface area contributed by atoms with E-state index < -0.39 is 0 Å². The van der Waals surface area contributed by atoms with Gasteiger partial charge in [-0.05, 0) is 37.3 Å². The number of likely N-dealkylation sites (tertiary alicyclic amines) is 1. The first-order valence-corrected chi connectivity index (χ1v) is 10.4. The van der Waals surface area contributed by atoms with Crippen molar-refractivity contribution in [1.82, 2.24) is 20.2 Å². The van der Waals surface area contributed by atoms with Gasteiger partial charge in [0.15, 0.2) is 0 Å². The molecule has 4 rings (SSSR count). The molecular weight excluding hydrogens is 350 g/mol. The first-order valence-electron chi connectivity index (χ1n) is 10.4. The second-order valence-electron chi connectivity index (χ2n) is 7.88. The van der Waals surface area contributed by atoms with Crippen LogP contribution >= 0.6 is 0 Å². The first-order chi connectivity index (χ1) is 13.8. The van der Waals surface area contributed by atoms with Crippen molar-refractivity contribution in [1.29, 1.82) is 0 Å². The molecule has 2 aliphatic rings. The highest BCUT2D eigenvalue weighted by molar-refractivity contribution is 5.79. The SMILES string of the molecule is O=C(NC1CCN(Cc2ccccc2)CC1)C1CCCN(c2ncccn2)C1. The molecule has 3 heterocycles. The summed E-state index contributed by atoms with van der Waals surface area (Å²) in [6.45, 7) is 4.70. The van der Waals surface area contributed by atoms with Crippen LogP contribution in [0.3, 0.4) is 0 Å². The van der Waals surface area contributed by atoms with Crippen molar-refractivity contribution in [3.05, 3.63) is 54.4 Å². The van der Waals surface area contributed by atoms with E-state index in [4.69, 9.17) is 0 Å². The number of hydrogen-bond donors (Lipinski definition) is 1. The molecule has 0 bridgehead atoms. The summed E-state index contributed by atoms with van der Waals surface area (Å²) in [4.78, 5) is 26.1. The van der Waals surface area contributed by atoms with Gasteiger partial charge >= 0.3 is 0 Å². The molecule has 1 aromatic heterocycles. The van der Waals surface area contributed by atoms with Crippen molar-refractivity contribution in [3.8, 4) is 0 Å². The monoisotopic (exact) mass is 379 g/mol. The lowest BCUT2D eigenvalue weighted by atomic mass is 9.96. The van der Waals surface area contributed by atoms with E-state index in [1.807, 2.05) is 6.07 Å². The molecule has 6 heteroatoms. The van der Waals surface area contributed by atoms with E-state index in [1.54, 1.807) is 12.4 Å². The van der Waals surface area contributed by atoms with E-state index in [2.05, 4.69) is 55.4 Å². The van der Waals surface area contributed by atoms with Crippen molar-refractivity contribution in [3.63, 3.8) is 0 Å². The average molecular weight is 380 g/mol. The smallest absolute Gasteiger partial charge is 0.225 e. The Balaban J connectivity index is 1.24. The number of piperidine rings is 2. The lowest BCUT2D eigenvalue weighted by Gasteiger charge is -2.35. The number of rotatable bonds is 5. The number of nitrogens with zero attached hydrogens (tertiary/aromatic N) is 4. The topological polar surface area (TPSA) is 61.4 Å². The van der Waals surface area contributed by atoms with Crippen molar-refractivity contribution in [2.24, 2.45) is 5.92 Å². The highest BCUT2D eigenvalue weighted by atomic mass is 16.2. The Kier molecular flexibility index (Phi) is 6.17. The normalized spacial score (nSPS) is 21.4. The zero-order chi connectivity index (χ0) is 19.2. The van der Waals surface area contributed by atoms with E-state index in [1.165, 1.54) is 5.56 Å². The lowest BCUT2D eigenvalue weighted by molar-refractivity contribution is -0.126. The summed E-state index contributed by atoms with van der Waals surface area (Å²) in [6.07, 6.45) is 7.52. The molecule has 2 aliphatic heterocycles. The summed E-state index contributed by atoms with van der Waals surface area (Å²) in [7, 11) is 0. The predicted octanol–water partition coefficient (Wildman–Crippen LogP) is 2.47. The molecule has 148 valence electrons. The molecule has 2 saturated heterocycles. The number of carbonyl (C=O) groups excluding carboxylic acids is 1. The molecule has 1 aromatic carbocycles. The van der Waals surface area contributed by atoms with Gasteiger partial charge in [-0.15, -0.1) is 0 Å². The average Bonchev–Trinajstić information content (AvgIpc) is 2.76. The van der Waals surface area contributed by atoms with Gasteiger partial charge < -0.3 is 10.2 Å². The number of anilines is 1. The summed E-state index contributed by atoms with van der Waals surface area (Å²) < 4.78 is 0. The van der Waals surface area contributed by atoms with E-state index in [0.29, 0.717) is 12.6 Å². The van der Waals surface area contributed by atoms with Gasteiger partial charge in [0.25, 0.3) is 0 Å². The third kappa shape index (κ3) is 4.87. The maximum absolute atomic E-state index is 12.8. The molecule has 0 aliphatic carbocycles. The minimum atomic E-state index is 0.0277. The van der Waals surface area contributed by atoms with Crippen molar-refractivity contribution < 1.29 is 4.79 Å². The van der Waals surface area contributed by atoms with Gasteiger partial charge in [-0.3, -0.25) is 9.69 Å². The Morgan fingerprint density at radius 1 is 1.00 bits per heavy atom. The highest BCUT2D eigenvalue weighted by Crippen LogP contribution is 2.21. The quantitative estimate of drug-likeness (QED) is 0.865. The second-order valence-corrected chi connectivity index (χ2v) is 7.88. The van der Waals surface area contributed by atoms with Crippen LogP contribution in [0.15, 0.2) is 48.8 Å². The van der Waals surface area contributed by atoms with E-state index in [-0.39, 0.29) is 11.8 Å². The molecule has 1 unspecified atom stereocenters. The Hall–Kier alpha value is -2.47. The number of hydrogen-bond acceptors (Lipinski definition) is 5. The third-order valence-corrected chi connectivity index (χ3v) is 5.81. The van der Waals surface area contributed by atoms with Gasteiger partial charge in [0.05, 0.1) is 5.92 Å². The van der Waals surface area contributed by atoms with Crippen LogP contribution < -0.4 is 10.2 Å². The van der Waals surface area contributed by atoms with Crippen molar-refractivity contribution in [2.75, 3.05) is 31.1 Å². The van der Waals surface area contributed by atoms with Crippen LogP contribution in [-0.2, 0) is 11.3 Å². The van der Waals surface area contributed by atoms with Crippen LogP contribution in [-0.4, -0.2) is 53.0 Å². The molecular formula is C22H29N5O. The van der Waals surface area contributed by atoms with E-state index in [9.17, 15) is 4.79 Å². The van der Waals surface area contributed by atoms with Crippen LogP contribution in [0.5, 0.6) is 0 Å². The van der Waals surface area contributed by atoms with Gasteiger partial charge in [0.1, 0.15) is 0 Å². The number of carbonyl (C=O) groups is 1. The fourth-order valence-corrected chi connectivity index (χ4v) is 4.22. The molecule has 0 saturated carbocycles. The zero-order valence-electron chi connectivity index (χ0n) is 16.3. The number of nitrogens with one attached hydrogen (secondary N) is 1. The van der Waals surface area contributed by atoms with E-state index >= 15 is 0 Å². The van der Waals surface area contributed by atoms with Crippen LogP contribution in [0.2, 0.25) is 0 Å². The van der Waals surface area contributed by atoms with Crippen molar-refractivity contribution >= 4 is 11.9 Å². The molecule has 0 spiro atoms. The largest absolute Gasteiger partial charge is 0.353 e. The van der Waals surface area contributed by atoms with Crippen molar-refractivity contribution in [2.45, 2.75) is 38.3 Å². The molecule has 1 N–H and O–H groups in total. The number of amides is 1. The number of benzene rings is 1. The predicted molar refractivity (Wildman–Crippen MR) is 110 cm³/mol. The standard InChI is InChI=1S/C22H29N5O/c28-21(19-8-4-13-27(17-19)22-23-11-5-12-24-22)25-20-9-14-26(15-10-20)16-18-6-2-1-3-7-18/h1-3,5-7,11-12,19-20H,4,8-10,13-17H2,(H,25,28). The second kappa shape index (κ2) is 9.15. The highest BCUT2D eigenvalue weighted by Gasteiger charge is 2.29. The summed E-state index contributed by atoms with van der Waals surface area (Å²) >= 11 is 0. The fraction of sp³-hybridized carbons (Fsp3) is 0.500. The van der Waals surface area contributed by atoms with Gasteiger partial charge in [0.2, 0.25) is 11.9 Å². The lowest BCUT2D eigenvalue weighted by Crippen LogP contribution is -2.49. The van der Waals surface area contributed by atoms with Crippen LogP contribution in [0, 0.1) is 5.92 Å². The van der Waals surface area contributed by atoms with Gasteiger partial charge in [-0.25, -0.2) is 9.97 Å². The molecule has 1 amide bonds. The molecule has 1 atom stereocenters. The molecule has 6 nitrogen and oxygen atoms in total. The Labute approximate surface area is 167 Å². The van der Waals surface area contributed by atoms with E-state index in [0.717, 1.165) is 57.8 Å². The fourth-order valence-electron chi connectivity index (χ4n) is 4.22. The van der Waals surface area contributed by atoms with Gasteiger partial charge in [-0.1, -0.05) is 30.3 Å². The van der Waals surface area contributed by atoms with Crippen LogP contribution in [0.1, 0.15) is 31.2 Å².